The van der Waals surface area contributed by atoms with E-state index >= 15 is 0 Å². The number of nitrogens with one attached hydrogen (secondary N) is 2. The van der Waals surface area contributed by atoms with Gasteiger partial charge in [-0.1, -0.05) is 13.8 Å². The normalized spacial score (nSPS) is 15.8. The molecule has 17 heavy (non-hydrogen) atoms. The molecule has 0 saturated carbocycles. The summed E-state index contributed by atoms with van der Waals surface area (Å²) in [6.45, 7) is 12.4. The molecule has 0 saturated heterocycles. The molecule has 3 N–H and O–H groups in total. The molecule has 1 amide bonds. The Morgan fingerprint density at radius 1 is 1.24 bits per heavy atom. The monoisotopic (exact) mass is 244 g/mol. The molecule has 0 aromatic heterocycles. The zero-order valence-corrected chi connectivity index (χ0v) is 12.1. The van der Waals surface area contributed by atoms with Crippen molar-refractivity contribution < 1.29 is 9.90 Å². The lowest BCUT2D eigenvalue weighted by atomic mass is 9.94. The van der Waals surface area contributed by atoms with E-state index in [-0.39, 0.29) is 18.0 Å². The van der Waals surface area contributed by atoms with Crippen LogP contribution in [0.2, 0.25) is 0 Å². The molecule has 0 aliphatic carbocycles. The zero-order valence-electron chi connectivity index (χ0n) is 12.1. The highest BCUT2D eigenvalue weighted by Gasteiger charge is 2.22. The van der Waals surface area contributed by atoms with Crippen molar-refractivity contribution >= 4 is 5.91 Å². The van der Waals surface area contributed by atoms with Crippen molar-refractivity contribution in [3.63, 3.8) is 0 Å². The van der Waals surface area contributed by atoms with Crippen LogP contribution in [0, 0.1) is 5.92 Å². The molecule has 0 aliphatic heterocycles. The van der Waals surface area contributed by atoms with Crippen LogP contribution in [0.4, 0.5) is 0 Å². The fourth-order valence-corrected chi connectivity index (χ4v) is 1.86. The van der Waals surface area contributed by atoms with Crippen LogP contribution in [-0.2, 0) is 4.79 Å². The Balaban J connectivity index is 3.87. The van der Waals surface area contributed by atoms with Gasteiger partial charge in [0.1, 0.15) is 0 Å². The van der Waals surface area contributed by atoms with E-state index in [1.165, 1.54) is 0 Å². The van der Waals surface area contributed by atoms with Crippen molar-refractivity contribution in [1.29, 1.82) is 0 Å². The Hall–Kier alpha value is -0.610. The Morgan fingerprint density at radius 3 is 2.18 bits per heavy atom. The summed E-state index contributed by atoms with van der Waals surface area (Å²) in [6.07, 6.45) is 0.723. The van der Waals surface area contributed by atoms with Crippen LogP contribution < -0.4 is 10.6 Å². The molecule has 0 spiro atoms. The van der Waals surface area contributed by atoms with Gasteiger partial charge >= 0.3 is 0 Å². The molecular weight excluding hydrogens is 216 g/mol. The lowest BCUT2D eigenvalue weighted by Gasteiger charge is -2.26. The first-order valence-electron chi connectivity index (χ1n) is 6.26. The Morgan fingerprint density at radius 2 is 1.76 bits per heavy atom. The highest BCUT2D eigenvalue weighted by Crippen LogP contribution is 2.14. The van der Waals surface area contributed by atoms with Gasteiger partial charge in [0.05, 0.1) is 12.1 Å². The first kappa shape index (κ1) is 16.4. The molecule has 4 heteroatoms. The third kappa shape index (κ3) is 10.3. The topological polar surface area (TPSA) is 61.4 Å². The van der Waals surface area contributed by atoms with E-state index in [0.29, 0.717) is 12.5 Å². The molecule has 0 aromatic rings. The minimum Gasteiger partial charge on any atom is -0.389 e. The van der Waals surface area contributed by atoms with Crippen molar-refractivity contribution in [2.45, 2.75) is 59.1 Å². The standard InChI is InChI=1S/C13H28N2O2/c1-10(2)7-13(6,17)9-14-8-11(16)15-12(3,4)5/h10,14,17H,7-9H2,1-6H3,(H,15,16). The number of hydrogen-bond donors (Lipinski definition) is 3. The maximum absolute atomic E-state index is 11.5. The largest absolute Gasteiger partial charge is 0.389 e. The Kier molecular flexibility index (Phi) is 6.13. The van der Waals surface area contributed by atoms with E-state index in [4.69, 9.17) is 0 Å². The van der Waals surface area contributed by atoms with Crippen molar-refractivity contribution in [2.24, 2.45) is 5.92 Å². The lowest BCUT2D eigenvalue weighted by Crippen LogP contribution is -2.47. The molecule has 102 valence electrons. The quantitative estimate of drug-likeness (QED) is 0.660. The molecule has 4 nitrogen and oxygen atoms in total. The first-order chi connectivity index (χ1) is 7.52. The van der Waals surface area contributed by atoms with Crippen molar-refractivity contribution in [1.82, 2.24) is 10.6 Å². The number of carbonyl (C=O) groups is 1. The molecule has 0 bridgehead atoms. The Bertz CT molecular complexity index is 242. The molecule has 1 unspecified atom stereocenters. The zero-order chi connectivity index (χ0) is 13.7. The molecule has 1 atom stereocenters. The third-order valence-corrected chi connectivity index (χ3v) is 2.15. The summed E-state index contributed by atoms with van der Waals surface area (Å²) in [5.41, 5.74) is -0.963. The van der Waals surface area contributed by atoms with Crippen LogP contribution in [0.15, 0.2) is 0 Å². The lowest BCUT2D eigenvalue weighted by molar-refractivity contribution is -0.121. The van der Waals surface area contributed by atoms with Gasteiger partial charge in [-0.2, -0.15) is 0 Å². The second-order valence-corrected chi connectivity index (χ2v) is 6.50. The molecule has 0 aromatic carbocycles. The molecule has 0 heterocycles. The van der Waals surface area contributed by atoms with Crippen LogP contribution in [0.25, 0.3) is 0 Å². The molecule has 0 radical (unpaired) electrons. The second-order valence-electron chi connectivity index (χ2n) is 6.50. The minimum absolute atomic E-state index is 0.0437. The molecule has 0 aliphatic rings. The summed E-state index contributed by atoms with van der Waals surface area (Å²) in [5.74, 6) is 0.396. The van der Waals surface area contributed by atoms with Gasteiger partial charge in [0, 0.05) is 12.1 Å². The van der Waals surface area contributed by atoms with Gasteiger partial charge in [-0.05, 0) is 40.0 Å². The number of amides is 1. The summed E-state index contributed by atoms with van der Waals surface area (Å²) in [4.78, 5) is 11.5. The molecule has 0 fully saturated rings. The predicted molar refractivity (Wildman–Crippen MR) is 70.8 cm³/mol. The van der Waals surface area contributed by atoms with E-state index in [9.17, 15) is 9.90 Å². The van der Waals surface area contributed by atoms with E-state index in [1.54, 1.807) is 6.92 Å². The molecule has 0 rings (SSSR count). The van der Waals surface area contributed by atoms with Gasteiger partial charge in [-0.25, -0.2) is 0 Å². The SMILES string of the molecule is CC(C)CC(C)(O)CNCC(=O)NC(C)(C)C. The van der Waals surface area contributed by atoms with E-state index < -0.39 is 5.60 Å². The summed E-state index contributed by atoms with van der Waals surface area (Å²) in [6, 6.07) is 0. The first-order valence-corrected chi connectivity index (χ1v) is 6.26. The van der Waals surface area contributed by atoms with Crippen LogP contribution >= 0.6 is 0 Å². The van der Waals surface area contributed by atoms with Crippen LogP contribution in [0.3, 0.4) is 0 Å². The van der Waals surface area contributed by atoms with E-state index in [1.807, 2.05) is 20.8 Å². The minimum atomic E-state index is -0.754. The van der Waals surface area contributed by atoms with Crippen LogP contribution in [0.5, 0.6) is 0 Å². The highest BCUT2D eigenvalue weighted by atomic mass is 16.3. The average molecular weight is 244 g/mol. The van der Waals surface area contributed by atoms with Gasteiger partial charge in [0.2, 0.25) is 5.91 Å². The van der Waals surface area contributed by atoms with Crippen molar-refractivity contribution in [3.8, 4) is 0 Å². The predicted octanol–water partition coefficient (Wildman–Crippen LogP) is 1.29. The van der Waals surface area contributed by atoms with Crippen molar-refractivity contribution in [3.05, 3.63) is 0 Å². The van der Waals surface area contributed by atoms with Gasteiger partial charge in [-0.3, -0.25) is 4.79 Å². The third-order valence-electron chi connectivity index (χ3n) is 2.15. The summed E-state index contributed by atoms with van der Waals surface area (Å²) in [7, 11) is 0. The summed E-state index contributed by atoms with van der Waals surface area (Å²) >= 11 is 0. The number of hydrogen-bond acceptors (Lipinski definition) is 3. The molecular formula is C13H28N2O2. The maximum Gasteiger partial charge on any atom is 0.234 e. The van der Waals surface area contributed by atoms with E-state index in [2.05, 4.69) is 24.5 Å². The van der Waals surface area contributed by atoms with E-state index in [0.717, 1.165) is 6.42 Å². The summed E-state index contributed by atoms with van der Waals surface area (Å²) < 4.78 is 0. The van der Waals surface area contributed by atoms with Crippen LogP contribution in [-0.4, -0.2) is 35.2 Å². The van der Waals surface area contributed by atoms with Crippen molar-refractivity contribution in [2.75, 3.05) is 13.1 Å². The highest BCUT2D eigenvalue weighted by molar-refractivity contribution is 5.78. The second kappa shape index (κ2) is 6.36. The fraction of sp³-hybridized carbons (Fsp3) is 0.923. The fourth-order valence-electron chi connectivity index (χ4n) is 1.86. The average Bonchev–Trinajstić information content (AvgIpc) is 1.95. The van der Waals surface area contributed by atoms with Gasteiger partial charge in [-0.15, -0.1) is 0 Å². The van der Waals surface area contributed by atoms with Gasteiger partial charge in [0.25, 0.3) is 0 Å². The Labute approximate surface area is 105 Å². The summed E-state index contributed by atoms with van der Waals surface area (Å²) in [5, 5.41) is 15.9. The maximum atomic E-state index is 11.5. The number of rotatable bonds is 6. The smallest absolute Gasteiger partial charge is 0.234 e. The number of carbonyl (C=O) groups excluding carboxylic acids is 1. The van der Waals surface area contributed by atoms with Crippen LogP contribution in [0.1, 0.15) is 48.0 Å². The van der Waals surface area contributed by atoms with Gasteiger partial charge < -0.3 is 15.7 Å². The number of aliphatic hydroxyl groups is 1. The van der Waals surface area contributed by atoms with Gasteiger partial charge in [0.15, 0.2) is 0 Å².